The molecule has 0 aliphatic rings. The molecule has 0 radical (unpaired) electrons. The smallest absolute Gasteiger partial charge is 0.330 e. The minimum absolute atomic E-state index is 0.0752. The number of ketones is 1. The highest BCUT2D eigenvalue weighted by atomic mass is 16.4. The molecule has 2 rings (SSSR count). The monoisotopic (exact) mass is 354 g/mol. The second-order valence-electron chi connectivity index (χ2n) is 5.23. The third kappa shape index (κ3) is 9.62. The van der Waals surface area contributed by atoms with E-state index in [4.69, 9.17) is 10.2 Å². The summed E-state index contributed by atoms with van der Waals surface area (Å²) in [5.74, 6) is -1.80. The summed E-state index contributed by atoms with van der Waals surface area (Å²) in [5.41, 5.74) is 1.82. The maximum Gasteiger partial charge on any atom is 0.330 e. The normalized spacial score (nSPS) is 8.69. The summed E-state index contributed by atoms with van der Waals surface area (Å²) in [6.07, 6.45) is 0. The van der Waals surface area contributed by atoms with Crippen LogP contribution in [0, 0.1) is 0 Å². The third-order valence-electron chi connectivity index (χ3n) is 2.80. The number of carbonyl (C=O) groups is 3. The van der Waals surface area contributed by atoms with E-state index >= 15 is 0 Å². The third-order valence-corrected chi connectivity index (χ3v) is 2.80. The first-order chi connectivity index (χ1) is 12.2. The minimum atomic E-state index is -0.935. The van der Waals surface area contributed by atoms with Crippen molar-refractivity contribution in [2.24, 2.45) is 0 Å². The molecule has 0 heterocycles. The molecule has 136 valence electrons. The molecule has 0 spiro atoms. The summed E-state index contributed by atoms with van der Waals surface area (Å²) in [7, 11) is 0. The molecule has 0 aliphatic heterocycles. The van der Waals surface area contributed by atoms with Crippen LogP contribution in [0.5, 0.6) is 0 Å². The van der Waals surface area contributed by atoms with Gasteiger partial charge in [0.25, 0.3) is 0 Å². The second-order valence-corrected chi connectivity index (χ2v) is 5.23. The Morgan fingerprint density at radius 3 is 1.08 bits per heavy atom. The van der Waals surface area contributed by atoms with E-state index in [1.54, 1.807) is 0 Å². The van der Waals surface area contributed by atoms with Crippen LogP contribution in [0.2, 0.25) is 0 Å². The van der Waals surface area contributed by atoms with E-state index in [9.17, 15) is 14.4 Å². The molecule has 0 bridgehead atoms. The number of benzene rings is 2. The Hall–Kier alpha value is -3.47. The van der Waals surface area contributed by atoms with Gasteiger partial charge in [-0.3, -0.25) is 4.79 Å². The fraction of sp³-hybridized carbons (Fsp3) is 0.0952. The SMILES string of the molecule is C=C(C)C(=O)O.C=C(C)C(=O)O.O=C(c1ccccc1)c1ccccc1. The Morgan fingerprint density at radius 2 is 0.885 bits per heavy atom. The zero-order valence-electron chi connectivity index (χ0n) is 14.8. The molecule has 2 aromatic carbocycles. The van der Waals surface area contributed by atoms with Gasteiger partial charge in [0.1, 0.15) is 0 Å². The summed E-state index contributed by atoms with van der Waals surface area (Å²) in [6.45, 7) is 9.20. The minimum Gasteiger partial charge on any atom is -0.478 e. The molecule has 0 atom stereocenters. The van der Waals surface area contributed by atoms with Crippen LogP contribution in [0.4, 0.5) is 0 Å². The quantitative estimate of drug-likeness (QED) is 0.634. The maximum atomic E-state index is 11.8. The van der Waals surface area contributed by atoms with Crippen LogP contribution in [-0.2, 0) is 9.59 Å². The molecule has 0 aliphatic carbocycles. The molecule has 2 N–H and O–H groups in total. The van der Waals surface area contributed by atoms with Gasteiger partial charge in [-0.05, 0) is 13.8 Å². The lowest BCUT2D eigenvalue weighted by atomic mass is 10.0. The number of aliphatic carboxylic acids is 2. The Labute approximate surface area is 152 Å². The zero-order chi connectivity index (χ0) is 20.1. The Bertz CT molecular complexity index is 672. The van der Waals surface area contributed by atoms with E-state index in [-0.39, 0.29) is 16.9 Å². The largest absolute Gasteiger partial charge is 0.478 e. The van der Waals surface area contributed by atoms with Crippen molar-refractivity contribution in [2.45, 2.75) is 13.8 Å². The predicted octanol–water partition coefficient (Wildman–Crippen LogP) is 4.21. The van der Waals surface area contributed by atoms with Crippen LogP contribution < -0.4 is 0 Å². The van der Waals surface area contributed by atoms with Crippen LogP contribution in [0.25, 0.3) is 0 Å². The molecule has 0 amide bonds. The average molecular weight is 354 g/mol. The molecule has 0 aromatic heterocycles. The van der Waals surface area contributed by atoms with Crippen LogP contribution in [0.3, 0.4) is 0 Å². The Balaban J connectivity index is 0.000000437. The lowest BCUT2D eigenvalue weighted by molar-refractivity contribution is -0.133. The van der Waals surface area contributed by atoms with Gasteiger partial charge >= 0.3 is 11.9 Å². The maximum absolute atomic E-state index is 11.8. The van der Waals surface area contributed by atoms with E-state index in [1.807, 2.05) is 60.7 Å². The first-order valence-corrected chi connectivity index (χ1v) is 7.59. The van der Waals surface area contributed by atoms with Gasteiger partial charge in [0.05, 0.1) is 0 Å². The molecule has 0 saturated carbocycles. The molecule has 0 saturated heterocycles. The van der Waals surface area contributed by atoms with Gasteiger partial charge in [0, 0.05) is 22.3 Å². The fourth-order valence-electron chi connectivity index (χ4n) is 1.35. The van der Waals surface area contributed by atoms with Gasteiger partial charge < -0.3 is 10.2 Å². The van der Waals surface area contributed by atoms with E-state index in [0.29, 0.717) is 0 Å². The summed E-state index contributed by atoms with van der Waals surface area (Å²) in [4.78, 5) is 31.0. The summed E-state index contributed by atoms with van der Waals surface area (Å²) in [5, 5.41) is 15.8. The van der Waals surface area contributed by atoms with Crippen molar-refractivity contribution in [3.8, 4) is 0 Å². The Morgan fingerprint density at radius 1 is 0.654 bits per heavy atom. The topological polar surface area (TPSA) is 91.7 Å². The van der Waals surface area contributed by atoms with Crippen LogP contribution >= 0.6 is 0 Å². The van der Waals surface area contributed by atoms with Gasteiger partial charge in [-0.2, -0.15) is 0 Å². The van der Waals surface area contributed by atoms with Crippen molar-refractivity contribution in [3.63, 3.8) is 0 Å². The van der Waals surface area contributed by atoms with Crippen molar-refractivity contribution in [1.29, 1.82) is 0 Å². The highest BCUT2D eigenvalue weighted by molar-refractivity contribution is 6.08. The first-order valence-electron chi connectivity index (χ1n) is 7.59. The number of carboxylic acid groups (broad SMARTS) is 2. The van der Waals surface area contributed by atoms with E-state index in [0.717, 1.165) is 11.1 Å². The molecule has 0 unspecified atom stereocenters. The number of carbonyl (C=O) groups excluding carboxylic acids is 1. The molecule has 5 heteroatoms. The van der Waals surface area contributed by atoms with Crippen LogP contribution in [0.1, 0.15) is 29.8 Å². The molecule has 26 heavy (non-hydrogen) atoms. The van der Waals surface area contributed by atoms with Gasteiger partial charge in [-0.25, -0.2) is 9.59 Å². The molecule has 0 fully saturated rings. The Kier molecular flexibility index (Phi) is 10.4. The van der Waals surface area contributed by atoms with Crippen molar-refractivity contribution in [2.75, 3.05) is 0 Å². The average Bonchev–Trinajstić information content (AvgIpc) is 2.63. The zero-order valence-corrected chi connectivity index (χ0v) is 14.8. The standard InChI is InChI=1S/C13H10O.2C4H6O2/c14-13(11-7-3-1-4-8-11)12-9-5-2-6-10-12;2*1-3(2)4(5)6/h1-10H;2*1H2,2H3,(H,5,6). The number of carboxylic acids is 2. The molecule has 2 aromatic rings. The van der Waals surface area contributed by atoms with Crippen LogP contribution in [0.15, 0.2) is 85.0 Å². The van der Waals surface area contributed by atoms with Gasteiger partial charge in [-0.15, -0.1) is 0 Å². The summed E-state index contributed by atoms with van der Waals surface area (Å²) >= 11 is 0. The summed E-state index contributed by atoms with van der Waals surface area (Å²) < 4.78 is 0. The van der Waals surface area contributed by atoms with Crippen molar-refractivity contribution in [3.05, 3.63) is 96.1 Å². The van der Waals surface area contributed by atoms with Crippen molar-refractivity contribution >= 4 is 17.7 Å². The van der Waals surface area contributed by atoms with E-state index < -0.39 is 11.9 Å². The highest BCUT2D eigenvalue weighted by Crippen LogP contribution is 2.08. The molecule has 5 nitrogen and oxygen atoms in total. The van der Waals surface area contributed by atoms with Crippen LogP contribution in [-0.4, -0.2) is 27.9 Å². The van der Waals surface area contributed by atoms with Gasteiger partial charge in [0.15, 0.2) is 5.78 Å². The van der Waals surface area contributed by atoms with Crippen molar-refractivity contribution in [1.82, 2.24) is 0 Å². The first kappa shape index (κ1) is 22.5. The summed E-state index contributed by atoms with van der Waals surface area (Å²) in [6, 6.07) is 18.6. The van der Waals surface area contributed by atoms with Gasteiger partial charge in [0.2, 0.25) is 0 Å². The van der Waals surface area contributed by atoms with Crippen molar-refractivity contribution < 1.29 is 24.6 Å². The van der Waals surface area contributed by atoms with Gasteiger partial charge in [-0.1, -0.05) is 73.8 Å². The molecular weight excluding hydrogens is 332 g/mol. The molecular formula is C21H22O5. The van der Waals surface area contributed by atoms with E-state index in [2.05, 4.69) is 13.2 Å². The number of hydrogen-bond donors (Lipinski definition) is 2. The predicted molar refractivity (Wildman–Crippen MR) is 101 cm³/mol. The highest BCUT2D eigenvalue weighted by Gasteiger charge is 2.06. The lowest BCUT2D eigenvalue weighted by Crippen LogP contribution is -1.99. The second kappa shape index (κ2) is 12.0. The number of rotatable bonds is 4. The van der Waals surface area contributed by atoms with E-state index in [1.165, 1.54) is 13.8 Å². The lowest BCUT2D eigenvalue weighted by Gasteiger charge is -1.99. The number of hydrogen-bond acceptors (Lipinski definition) is 3. The fourth-order valence-corrected chi connectivity index (χ4v) is 1.35.